The number of carbonyl (C=O) groups excluding carboxylic acids is 2. The molecule has 5 rings (SSSR count). The highest BCUT2D eigenvalue weighted by Gasteiger charge is 2.64. The predicted octanol–water partition coefficient (Wildman–Crippen LogP) is 5.27. The number of carbonyl (C=O) groups is 2. The lowest BCUT2D eigenvalue weighted by atomic mass is 9.62. The van der Waals surface area contributed by atoms with Crippen molar-refractivity contribution in [3.8, 4) is 0 Å². The van der Waals surface area contributed by atoms with E-state index in [4.69, 9.17) is 23.2 Å². The maximum Gasteiger partial charge on any atom is 0.235 e. The van der Waals surface area contributed by atoms with Gasteiger partial charge in [0.05, 0.1) is 24.6 Å². The summed E-state index contributed by atoms with van der Waals surface area (Å²) >= 11 is 12.5. The first kappa shape index (κ1) is 21.7. The molecule has 0 spiro atoms. The van der Waals surface area contributed by atoms with Gasteiger partial charge >= 0.3 is 0 Å². The first-order valence-corrected chi connectivity index (χ1v) is 11.7. The fourth-order valence-corrected chi connectivity index (χ4v) is 6.14. The third-order valence-corrected chi connectivity index (χ3v) is 8.55. The first-order chi connectivity index (χ1) is 15.0. The molecule has 0 unspecified atom stereocenters. The summed E-state index contributed by atoms with van der Waals surface area (Å²) in [5, 5.41) is 14.1. The largest absolute Gasteiger partial charge is 0.389 e. The number of aliphatic hydroxyl groups is 1. The summed E-state index contributed by atoms with van der Waals surface area (Å²) in [7, 11) is 0. The Morgan fingerprint density at radius 2 is 1.56 bits per heavy atom. The van der Waals surface area contributed by atoms with Crippen LogP contribution in [0.15, 0.2) is 36.4 Å². The van der Waals surface area contributed by atoms with Crippen molar-refractivity contribution in [2.75, 3.05) is 6.54 Å². The van der Waals surface area contributed by atoms with E-state index in [1.807, 2.05) is 61.7 Å². The van der Waals surface area contributed by atoms with Crippen molar-refractivity contribution < 1.29 is 14.7 Å². The Labute approximate surface area is 196 Å². The molecule has 2 heterocycles. The molecule has 1 saturated heterocycles. The van der Waals surface area contributed by atoms with Crippen LogP contribution in [0.2, 0.25) is 10.0 Å². The number of hydrogen-bond donors (Lipinski definition) is 1. The third-order valence-electron chi connectivity index (χ3n) is 8.08. The molecular formula is C25H26Cl2N2O3. The van der Waals surface area contributed by atoms with Crippen LogP contribution in [0.25, 0.3) is 21.8 Å². The highest BCUT2D eigenvalue weighted by Crippen LogP contribution is 2.60. The molecule has 1 aliphatic carbocycles. The smallest absolute Gasteiger partial charge is 0.235 e. The van der Waals surface area contributed by atoms with Crippen LogP contribution >= 0.6 is 23.2 Å². The van der Waals surface area contributed by atoms with E-state index in [1.165, 1.54) is 4.90 Å². The van der Waals surface area contributed by atoms with Gasteiger partial charge in [0.2, 0.25) is 11.8 Å². The normalized spacial score (nSPS) is 25.8. The highest BCUT2D eigenvalue weighted by molar-refractivity contribution is 6.33. The number of likely N-dealkylation sites (tertiary alicyclic amines) is 1. The number of β-amino-alcohol motifs (C(OH)–C–C–N with tert-alkyl or cyclic N) is 1. The molecule has 1 aromatic heterocycles. The predicted molar refractivity (Wildman–Crippen MR) is 127 cm³/mol. The van der Waals surface area contributed by atoms with Crippen molar-refractivity contribution in [1.82, 2.24) is 9.47 Å². The maximum atomic E-state index is 13.3. The van der Waals surface area contributed by atoms with E-state index < -0.39 is 11.5 Å². The molecule has 2 bridgehead atoms. The Bertz CT molecular complexity index is 1220. The number of amides is 2. The fraction of sp³-hybridized carbons (Fsp3) is 0.440. The second kappa shape index (κ2) is 7.21. The molecule has 5 nitrogen and oxygen atoms in total. The molecule has 2 fully saturated rings. The van der Waals surface area contributed by atoms with Crippen LogP contribution < -0.4 is 0 Å². The number of nitrogens with zero attached hydrogens (tertiary/aromatic N) is 2. The molecule has 0 radical (unpaired) electrons. The minimum Gasteiger partial charge on any atom is -0.389 e. The summed E-state index contributed by atoms with van der Waals surface area (Å²) in [6, 6.07) is 11.2. The van der Waals surface area contributed by atoms with Crippen LogP contribution in [0, 0.1) is 16.7 Å². The third kappa shape index (κ3) is 2.94. The zero-order chi connectivity index (χ0) is 23.0. The number of aromatic nitrogens is 1. The molecule has 168 valence electrons. The van der Waals surface area contributed by atoms with Gasteiger partial charge in [-0.1, -0.05) is 44.0 Å². The van der Waals surface area contributed by atoms with E-state index >= 15 is 0 Å². The van der Waals surface area contributed by atoms with Crippen molar-refractivity contribution in [1.29, 1.82) is 0 Å². The monoisotopic (exact) mass is 472 g/mol. The zero-order valence-electron chi connectivity index (χ0n) is 18.4. The van der Waals surface area contributed by atoms with E-state index in [0.717, 1.165) is 28.2 Å². The molecule has 1 aliphatic heterocycles. The molecule has 1 saturated carbocycles. The lowest BCUT2D eigenvalue weighted by Crippen LogP contribution is -2.60. The van der Waals surface area contributed by atoms with E-state index in [1.54, 1.807) is 0 Å². The average Bonchev–Trinajstić information content (AvgIpc) is 3.12. The second-order valence-corrected chi connectivity index (χ2v) is 10.9. The maximum absolute atomic E-state index is 13.3. The van der Waals surface area contributed by atoms with Crippen molar-refractivity contribution in [2.24, 2.45) is 16.7 Å². The van der Waals surface area contributed by atoms with E-state index in [9.17, 15) is 14.7 Å². The fourth-order valence-electron chi connectivity index (χ4n) is 5.80. The Kier molecular flexibility index (Phi) is 4.90. The number of imide groups is 1. The number of rotatable bonds is 4. The minimum atomic E-state index is -0.905. The summed E-state index contributed by atoms with van der Waals surface area (Å²) in [6.07, 6.45) is 0.517. The van der Waals surface area contributed by atoms with Crippen LogP contribution in [0.3, 0.4) is 0 Å². The Hall–Kier alpha value is -2.08. The molecule has 2 amide bonds. The van der Waals surface area contributed by atoms with Gasteiger partial charge in [0.15, 0.2) is 0 Å². The standard InChI is InChI=1S/C25H26Cl2N2O3/c1-24(2)19-8-9-25(24,3)23(32)29(22(19)31)13-16(30)12-28-20-6-4-14(26)10-17(20)18-11-15(27)5-7-21(18)28/h4-7,10-11,16,19,30H,8-9,12-13H2,1-3H3/t16-,19+,25-/m1/s1. The van der Waals surface area contributed by atoms with Crippen LogP contribution in [0.4, 0.5) is 0 Å². The molecule has 3 aromatic rings. The Balaban J connectivity index is 1.48. The lowest BCUT2D eigenvalue weighted by molar-refractivity contribution is -0.169. The Morgan fingerprint density at radius 1 is 1.00 bits per heavy atom. The molecule has 2 aliphatic rings. The number of aliphatic hydroxyl groups excluding tert-OH is 1. The van der Waals surface area contributed by atoms with Crippen molar-refractivity contribution in [3.05, 3.63) is 46.4 Å². The number of halogens is 2. The first-order valence-electron chi connectivity index (χ1n) is 11.0. The van der Waals surface area contributed by atoms with Gasteiger partial charge in [-0.15, -0.1) is 0 Å². The summed E-state index contributed by atoms with van der Waals surface area (Å²) < 4.78 is 2.00. The van der Waals surface area contributed by atoms with Crippen LogP contribution in [0.1, 0.15) is 33.6 Å². The summed E-state index contributed by atoms with van der Waals surface area (Å²) in [5.74, 6) is -0.509. The van der Waals surface area contributed by atoms with Gasteiger partial charge in [-0.05, 0) is 54.7 Å². The quantitative estimate of drug-likeness (QED) is 0.525. The van der Waals surface area contributed by atoms with Crippen LogP contribution in [0.5, 0.6) is 0 Å². The van der Waals surface area contributed by atoms with Crippen molar-refractivity contribution in [3.63, 3.8) is 0 Å². The number of fused-ring (bicyclic) bond motifs is 5. The molecule has 32 heavy (non-hydrogen) atoms. The summed E-state index contributed by atoms with van der Waals surface area (Å²) in [6.45, 7) is 6.22. The topological polar surface area (TPSA) is 62.5 Å². The second-order valence-electron chi connectivity index (χ2n) is 9.99. The van der Waals surface area contributed by atoms with Gasteiger partial charge in [-0.3, -0.25) is 14.5 Å². The van der Waals surface area contributed by atoms with Gasteiger partial charge in [-0.25, -0.2) is 0 Å². The number of benzene rings is 2. The van der Waals surface area contributed by atoms with E-state index in [0.29, 0.717) is 16.5 Å². The molecule has 2 aromatic carbocycles. The Morgan fingerprint density at radius 3 is 2.12 bits per heavy atom. The van der Waals surface area contributed by atoms with Crippen LogP contribution in [-0.4, -0.2) is 39.0 Å². The lowest BCUT2D eigenvalue weighted by Gasteiger charge is -2.48. The molecule has 7 heteroatoms. The SMILES string of the molecule is CC1(C)[C@H]2CC[C@]1(C)C(=O)N(C[C@H](O)Cn1c3ccc(Cl)cc3c3cc(Cl)ccc31)C2=O. The number of piperidine rings is 1. The van der Waals surface area contributed by atoms with E-state index in [-0.39, 0.29) is 36.2 Å². The van der Waals surface area contributed by atoms with Crippen molar-refractivity contribution in [2.45, 2.75) is 46.3 Å². The summed E-state index contributed by atoms with van der Waals surface area (Å²) in [5.41, 5.74) is 0.880. The molecule has 3 atom stereocenters. The van der Waals surface area contributed by atoms with Gasteiger partial charge in [0.1, 0.15) is 0 Å². The zero-order valence-corrected chi connectivity index (χ0v) is 19.9. The van der Waals surface area contributed by atoms with Crippen LogP contribution in [-0.2, 0) is 16.1 Å². The number of hydrogen-bond acceptors (Lipinski definition) is 3. The average molecular weight is 473 g/mol. The molecule has 1 N–H and O–H groups in total. The van der Waals surface area contributed by atoms with Gasteiger partial charge in [0, 0.05) is 37.8 Å². The highest BCUT2D eigenvalue weighted by atomic mass is 35.5. The van der Waals surface area contributed by atoms with Gasteiger partial charge < -0.3 is 9.67 Å². The molecular weight excluding hydrogens is 447 g/mol. The summed E-state index contributed by atoms with van der Waals surface area (Å²) in [4.78, 5) is 27.8. The van der Waals surface area contributed by atoms with E-state index in [2.05, 4.69) is 0 Å². The minimum absolute atomic E-state index is 0.0117. The van der Waals surface area contributed by atoms with Gasteiger partial charge in [-0.2, -0.15) is 0 Å². The van der Waals surface area contributed by atoms with Crippen molar-refractivity contribution >= 4 is 56.8 Å². The van der Waals surface area contributed by atoms with Gasteiger partial charge in [0.25, 0.3) is 0 Å².